The van der Waals surface area contributed by atoms with Crippen LogP contribution in [0.4, 0.5) is 4.79 Å². The molecule has 1 amide bonds. The van der Waals surface area contributed by atoms with Gasteiger partial charge in [0.1, 0.15) is 0 Å². The lowest BCUT2D eigenvalue weighted by Crippen LogP contribution is -2.38. The predicted octanol–water partition coefficient (Wildman–Crippen LogP) is 2.81. The molecule has 1 aliphatic rings. The van der Waals surface area contributed by atoms with E-state index in [-0.39, 0.29) is 12.0 Å². The Labute approximate surface area is 120 Å². The summed E-state index contributed by atoms with van der Waals surface area (Å²) in [6.07, 6.45) is -0.165. The Morgan fingerprint density at radius 2 is 2.28 bits per heavy atom. The molecule has 1 saturated carbocycles. The van der Waals surface area contributed by atoms with Crippen molar-refractivity contribution in [1.29, 1.82) is 0 Å². The van der Waals surface area contributed by atoms with Gasteiger partial charge in [0.25, 0.3) is 0 Å². The van der Waals surface area contributed by atoms with Gasteiger partial charge in [-0.2, -0.15) is 0 Å². The fourth-order valence-corrected chi connectivity index (χ4v) is 3.42. The highest BCUT2D eigenvalue weighted by atomic mass is 127. The number of methoxy groups -OCH3 is 1. The molecule has 1 aromatic carbocycles. The third-order valence-electron chi connectivity index (χ3n) is 3.64. The highest BCUT2D eigenvalue weighted by Crippen LogP contribution is 2.55. The summed E-state index contributed by atoms with van der Waals surface area (Å²) < 4.78 is 6.42. The Balaban J connectivity index is 2.34. The first-order valence-corrected chi connectivity index (χ1v) is 6.88. The summed E-state index contributed by atoms with van der Waals surface area (Å²) in [5.41, 5.74) is 0.556. The maximum atomic E-state index is 11.0. The third kappa shape index (κ3) is 2.33. The smallest absolute Gasteiger partial charge is 0.405 e. The minimum absolute atomic E-state index is 0.0351. The van der Waals surface area contributed by atoms with Gasteiger partial charge >= 0.3 is 6.09 Å². The second-order valence-electron chi connectivity index (χ2n) is 4.63. The minimum atomic E-state index is -0.986. The lowest BCUT2D eigenvalue weighted by atomic mass is 10.0. The van der Waals surface area contributed by atoms with E-state index in [0.29, 0.717) is 0 Å². The van der Waals surface area contributed by atoms with Crippen molar-refractivity contribution in [3.63, 3.8) is 0 Å². The van der Waals surface area contributed by atoms with Crippen LogP contribution in [0.15, 0.2) is 24.3 Å². The van der Waals surface area contributed by atoms with Crippen LogP contribution in [0, 0.1) is 9.49 Å². The molecule has 1 aliphatic carbocycles. The second kappa shape index (κ2) is 5.05. The lowest BCUT2D eigenvalue weighted by Gasteiger charge is -2.22. The summed E-state index contributed by atoms with van der Waals surface area (Å²) in [4.78, 5) is 11.0. The zero-order chi connectivity index (χ0) is 13.3. The first-order chi connectivity index (χ1) is 8.51. The number of rotatable bonds is 4. The molecular formula is C13H16INO3. The van der Waals surface area contributed by atoms with Crippen molar-refractivity contribution < 1.29 is 14.6 Å². The molecule has 0 aromatic heterocycles. The van der Waals surface area contributed by atoms with Gasteiger partial charge in [-0.05, 0) is 47.6 Å². The van der Waals surface area contributed by atoms with Crippen molar-refractivity contribution in [3.8, 4) is 0 Å². The first-order valence-electron chi connectivity index (χ1n) is 5.80. The van der Waals surface area contributed by atoms with Crippen molar-refractivity contribution in [2.24, 2.45) is 5.92 Å². The largest absolute Gasteiger partial charge is 0.465 e. The van der Waals surface area contributed by atoms with Gasteiger partial charge in [-0.15, -0.1) is 0 Å². The van der Waals surface area contributed by atoms with Gasteiger partial charge < -0.3 is 15.2 Å². The highest BCUT2D eigenvalue weighted by molar-refractivity contribution is 14.1. The van der Waals surface area contributed by atoms with E-state index in [1.54, 1.807) is 7.11 Å². The predicted molar refractivity (Wildman–Crippen MR) is 76.6 cm³/mol. The fourth-order valence-electron chi connectivity index (χ4n) is 2.55. The summed E-state index contributed by atoms with van der Waals surface area (Å²) in [6, 6.07) is 7.88. The quantitative estimate of drug-likeness (QED) is 0.811. The average Bonchev–Trinajstić information content (AvgIpc) is 3.03. The molecule has 98 valence electrons. The lowest BCUT2D eigenvalue weighted by molar-refractivity contribution is 0.0894. The number of carboxylic acid groups (broad SMARTS) is 1. The van der Waals surface area contributed by atoms with Crippen LogP contribution in [0.5, 0.6) is 0 Å². The molecule has 4 nitrogen and oxygen atoms in total. The van der Waals surface area contributed by atoms with Crippen molar-refractivity contribution in [3.05, 3.63) is 33.4 Å². The monoisotopic (exact) mass is 361 g/mol. The average molecular weight is 361 g/mol. The van der Waals surface area contributed by atoms with E-state index in [1.807, 2.05) is 31.2 Å². The summed E-state index contributed by atoms with van der Waals surface area (Å²) in [7, 11) is 1.66. The molecule has 0 saturated heterocycles. The summed E-state index contributed by atoms with van der Waals surface area (Å²) in [6.45, 7) is 1.98. The van der Waals surface area contributed by atoms with Gasteiger partial charge in [-0.3, -0.25) is 0 Å². The molecule has 0 heterocycles. The van der Waals surface area contributed by atoms with Crippen LogP contribution in [0.1, 0.15) is 18.9 Å². The number of hydrogen-bond donors (Lipinski definition) is 2. The van der Waals surface area contributed by atoms with Gasteiger partial charge in [0.2, 0.25) is 0 Å². The molecule has 3 atom stereocenters. The van der Waals surface area contributed by atoms with Crippen molar-refractivity contribution in [2.75, 3.05) is 7.11 Å². The van der Waals surface area contributed by atoms with Crippen LogP contribution in [0.3, 0.4) is 0 Å². The molecule has 3 unspecified atom stereocenters. The third-order valence-corrected chi connectivity index (χ3v) is 4.58. The van der Waals surface area contributed by atoms with E-state index in [9.17, 15) is 4.79 Å². The van der Waals surface area contributed by atoms with E-state index < -0.39 is 11.6 Å². The van der Waals surface area contributed by atoms with E-state index in [0.717, 1.165) is 15.6 Å². The van der Waals surface area contributed by atoms with Crippen molar-refractivity contribution in [2.45, 2.75) is 25.0 Å². The maximum Gasteiger partial charge on any atom is 0.405 e. The topological polar surface area (TPSA) is 58.6 Å². The number of carbonyl (C=O) groups is 1. The van der Waals surface area contributed by atoms with E-state index >= 15 is 0 Å². The van der Waals surface area contributed by atoms with Crippen molar-refractivity contribution in [1.82, 2.24) is 5.32 Å². The molecule has 1 aromatic rings. The molecule has 5 heteroatoms. The summed E-state index contributed by atoms with van der Waals surface area (Å²) >= 11 is 2.24. The van der Waals surface area contributed by atoms with Crippen LogP contribution in [-0.2, 0) is 10.3 Å². The molecule has 0 radical (unpaired) electrons. The molecule has 18 heavy (non-hydrogen) atoms. The van der Waals surface area contributed by atoms with Crippen LogP contribution in [0.2, 0.25) is 0 Å². The Hall–Kier alpha value is -0.820. The van der Waals surface area contributed by atoms with Crippen LogP contribution in [-0.4, -0.2) is 24.4 Å². The van der Waals surface area contributed by atoms with E-state index in [2.05, 4.69) is 27.9 Å². The Morgan fingerprint density at radius 1 is 1.61 bits per heavy atom. The molecule has 2 N–H and O–H groups in total. The number of halogens is 1. The zero-order valence-corrected chi connectivity index (χ0v) is 12.5. The van der Waals surface area contributed by atoms with E-state index in [4.69, 9.17) is 9.84 Å². The Bertz CT molecular complexity index is 465. The molecule has 0 spiro atoms. The van der Waals surface area contributed by atoms with Gasteiger partial charge in [0.15, 0.2) is 0 Å². The summed E-state index contributed by atoms with van der Waals surface area (Å²) in [5, 5.41) is 11.7. The zero-order valence-electron chi connectivity index (χ0n) is 10.3. The maximum absolute atomic E-state index is 11.0. The van der Waals surface area contributed by atoms with Crippen LogP contribution < -0.4 is 5.32 Å². The normalized spacial score (nSPS) is 27.6. The molecule has 1 fully saturated rings. The number of amides is 1. The number of benzene rings is 1. The van der Waals surface area contributed by atoms with E-state index in [1.165, 1.54) is 0 Å². The Kier molecular flexibility index (Phi) is 3.82. The SMILES string of the molecule is COC(C)C1CC1(NC(=O)O)c1ccccc1I. The number of ether oxygens (including phenoxy) is 1. The van der Waals surface area contributed by atoms with Gasteiger partial charge in [-0.25, -0.2) is 4.79 Å². The molecule has 0 aliphatic heterocycles. The summed E-state index contributed by atoms with van der Waals surface area (Å²) in [5.74, 6) is 0.189. The molecule has 2 rings (SSSR count). The van der Waals surface area contributed by atoms with Crippen LogP contribution in [0.25, 0.3) is 0 Å². The fraction of sp³-hybridized carbons (Fsp3) is 0.462. The van der Waals surface area contributed by atoms with Crippen molar-refractivity contribution >= 4 is 28.7 Å². The number of hydrogen-bond acceptors (Lipinski definition) is 2. The second-order valence-corrected chi connectivity index (χ2v) is 5.79. The minimum Gasteiger partial charge on any atom is -0.465 e. The van der Waals surface area contributed by atoms with Gasteiger partial charge in [0.05, 0.1) is 11.6 Å². The number of nitrogens with one attached hydrogen (secondary N) is 1. The standard InChI is InChI=1S/C13H16INO3/c1-8(18-2)10-7-13(10,15-12(16)17)9-5-3-4-6-11(9)14/h3-6,8,10,15H,7H2,1-2H3,(H,16,17). The molecule has 0 bridgehead atoms. The van der Waals surface area contributed by atoms with Crippen LogP contribution >= 0.6 is 22.6 Å². The molecular weight excluding hydrogens is 345 g/mol. The Morgan fingerprint density at radius 3 is 2.83 bits per heavy atom. The first kappa shape index (κ1) is 13.6. The highest BCUT2D eigenvalue weighted by Gasteiger charge is 2.59. The van der Waals surface area contributed by atoms with Gasteiger partial charge in [-0.1, -0.05) is 18.2 Å². The van der Waals surface area contributed by atoms with Gasteiger partial charge in [0, 0.05) is 16.6 Å².